The molecule has 6 heteroatoms. The summed E-state index contributed by atoms with van der Waals surface area (Å²) < 4.78 is 6.14. The third kappa shape index (κ3) is 4.45. The summed E-state index contributed by atoms with van der Waals surface area (Å²) >= 11 is 1.78. The van der Waals surface area contributed by atoms with Gasteiger partial charge in [-0.1, -0.05) is 11.6 Å². The summed E-state index contributed by atoms with van der Waals surface area (Å²) in [5, 5.41) is 13.6. The number of piperidine rings is 1. The molecule has 152 valence electrons. The highest BCUT2D eigenvalue weighted by atomic mass is 32.1. The van der Waals surface area contributed by atoms with Crippen LogP contribution >= 0.6 is 11.3 Å². The number of benzene rings is 1. The van der Waals surface area contributed by atoms with Gasteiger partial charge in [0.2, 0.25) is 5.91 Å². The van der Waals surface area contributed by atoms with Crippen LogP contribution in [0.5, 0.6) is 5.75 Å². The maximum absolute atomic E-state index is 11.8. The lowest BCUT2D eigenvalue weighted by Gasteiger charge is -2.26. The zero-order valence-electron chi connectivity index (χ0n) is 16.6. The van der Waals surface area contributed by atoms with Gasteiger partial charge >= 0.3 is 0 Å². The van der Waals surface area contributed by atoms with Gasteiger partial charge in [-0.3, -0.25) is 4.79 Å². The lowest BCUT2D eigenvalue weighted by atomic mass is 9.90. The van der Waals surface area contributed by atoms with Gasteiger partial charge in [-0.25, -0.2) is 0 Å². The minimum absolute atomic E-state index is 0.0645. The number of nitrogens with zero attached hydrogens (tertiary/aromatic N) is 1. The lowest BCUT2D eigenvalue weighted by Crippen LogP contribution is -2.26. The number of rotatable bonds is 4. The molecule has 2 aliphatic heterocycles. The standard InChI is InChI=1S/C23H26N2O3S/c1-25-10-6-17(7-11-25)22-19-14-16(3-5-21(27)24-9-12-26)2-4-20(19)28-15-18-8-13-29-23(18)22/h2-5,8,13-14,26H,6-7,9-12,15H2,1H3,(H,24,27). The Balaban J connectivity index is 1.73. The molecule has 2 N–H and O–H groups in total. The van der Waals surface area contributed by atoms with E-state index in [9.17, 15) is 4.79 Å². The van der Waals surface area contributed by atoms with Crippen LogP contribution in [0.4, 0.5) is 0 Å². The molecule has 1 aromatic carbocycles. The Hall–Kier alpha value is -2.41. The first-order valence-electron chi connectivity index (χ1n) is 9.97. The summed E-state index contributed by atoms with van der Waals surface area (Å²) in [6.45, 7) is 2.92. The summed E-state index contributed by atoms with van der Waals surface area (Å²) in [4.78, 5) is 15.5. The quantitative estimate of drug-likeness (QED) is 0.760. The molecule has 1 saturated heterocycles. The van der Waals surface area contributed by atoms with E-state index in [0.717, 1.165) is 42.8 Å². The summed E-state index contributed by atoms with van der Waals surface area (Å²) in [5.41, 5.74) is 6.12. The molecule has 1 amide bonds. The van der Waals surface area contributed by atoms with Crippen LogP contribution in [0.25, 0.3) is 11.6 Å². The van der Waals surface area contributed by atoms with Crippen LogP contribution < -0.4 is 10.1 Å². The maximum atomic E-state index is 11.8. The number of likely N-dealkylation sites (tertiary alicyclic amines) is 1. The van der Waals surface area contributed by atoms with Gasteiger partial charge in [0.05, 0.1) is 6.61 Å². The van der Waals surface area contributed by atoms with Crippen LogP contribution in [0.1, 0.15) is 34.4 Å². The number of nitrogens with one attached hydrogen (secondary N) is 1. The smallest absolute Gasteiger partial charge is 0.244 e. The molecule has 0 aliphatic carbocycles. The summed E-state index contributed by atoms with van der Waals surface area (Å²) in [6, 6.07) is 8.27. The molecular weight excluding hydrogens is 384 g/mol. The van der Waals surface area contributed by atoms with Crippen LogP contribution in [-0.4, -0.2) is 49.2 Å². The van der Waals surface area contributed by atoms with Crippen molar-refractivity contribution in [3.05, 3.63) is 62.9 Å². The zero-order chi connectivity index (χ0) is 20.2. The number of hydrogen-bond acceptors (Lipinski definition) is 5. The highest BCUT2D eigenvalue weighted by Gasteiger charge is 2.25. The van der Waals surface area contributed by atoms with Gasteiger partial charge in [0, 0.05) is 47.3 Å². The van der Waals surface area contributed by atoms with E-state index >= 15 is 0 Å². The number of aliphatic hydroxyl groups excluding tert-OH is 1. The predicted molar refractivity (Wildman–Crippen MR) is 117 cm³/mol. The number of hydrogen-bond donors (Lipinski definition) is 2. The largest absolute Gasteiger partial charge is 0.488 e. The Bertz CT molecular complexity index is 951. The average molecular weight is 411 g/mol. The second-order valence-corrected chi connectivity index (χ2v) is 8.37. The number of fused-ring (bicyclic) bond motifs is 2. The number of aliphatic hydroxyl groups is 1. The number of thiophene rings is 1. The molecule has 4 rings (SSSR count). The average Bonchev–Trinajstić information content (AvgIpc) is 3.14. The molecule has 0 spiro atoms. The van der Waals surface area contributed by atoms with E-state index in [-0.39, 0.29) is 19.1 Å². The van der Waals surface area contributed by atoms with Crippen molar-refractivity contribution in [3.63, 3.8) is 0 Å². The van der Waals surface area contributed by atoms with Gasteiger partial charge in [-0.15, -0.1) is 11.3 Å². The van der Waals surface area contributed by atoms with Gasteiger partial charge in [-0.05, 0) is 55.1 Å². The molecule has 1 fully saturated rings. The van der Waals surface area contributed by atoms with Crippen LogP contribution in [0.2, 0.25) is 0 Å². The summed E-state index contributed by atoms with van der Waals surface area (Å²) in [6.07, 6.45) is 5.44. The monoisotopic (exact) mass is 410 g/mol. The van der Waals surface area contributed by atoms with E-state index in [1.807, 2.05) is 18.2 Å². The molecule has 1 aromatic heterocycles. The number of ether oxygens (including phenoxy) is 1. The van der Waals surface area contributed by atoms with Gasteiger partial charge in [0.25, 0.3) is 0 Å². The molecule has 2 aliphatic rings. The zero-order valence-corrected chi connectivity index (χ0v) is 17.4. The number of carbonyl (C=O) groups is 1. The Morgan fingerprint density at radius 3 is 2.93 bits per heavy atom. The second-order valence-electron chi connectivity index (χ2n) is 7.45. The Kier molecular flexibility index (Phi) is 6.13. The molecule has 29 heavy (non-hydrogen) atoms. The van der Waals surface area contributed by atoms with Crippen molar-refractivity contribution in [2.45, 2.75) is 19.4 Å². The van der Waals surface area contributed by atoms with Gasteiger partial charge in [0.15, 0.2) is 0 Å². The second kappa shape index (κ2) is 8.95. The molecule has 2 aromatic rings. The Labute approximate surface area is 175 Å². The van der Waals surface area contributed by atoms with Crippen molar-refractivity contribution in [1.82, 2.24) is 10.2 Å². The fraction of sp³-hybridized carbons (Fsp3) is 0.348. The van der Waals surface area contributed by atoms with E-state index < -0.39 is 0 Å². The maximum Gasteiger partial charge on any atom is 0.244 e. The molecular formula is C23H26N2O3S. The van der Waals surface area contributed by atoms with Crippen LogP contribution in [0.15, 0.2) is 41.3 Å². The van der Waals surface area contributed by atoms with E-state index in [1.165, 1.54) is 27.7 Å². The van der Waals surface area contributed by atoms with E-state index in [2.05, 4.69) is 34.8 Å². The molecule has 0 radical (unpaired) electrons. The minimum Gasteiger partial charge on any atom is -0.488 e. The molecule has 0 bridgehead atoms. The van der Waals surface area contributed by atoms with Crippen LogP contribution in [0, 0.1) is 0 Å². The normalized spacial score (nSPS) is 16.9. The van der Waals surface area contributed by atoms with E-state index in [1.54, 1.807) is 11.3 Å². The van der Waals surface area contributed by atoms with Crippen molar-refractivity contribution < 1.29 is 14.6 Å². The minimum atomic E-state index is -0.209. The lowest BCUT2D eigenvalue weighted by molar-refractivity contribution is -0.116. The first kappa shape index (κ1) is 19.9. The van der Waals surface area contributed by atoms with Crippen LogP contribution in [-0.2, 0) is 11.4 Å². The summed E-state index contributed by atoms with van der Waals surface area (Å²) in [5.74, 6) is 0.691. The molecule has 0 saturated carbocycles. The van der Waals surface area contributed by atoms with Crippen molar-refractivity contribution in [1.29, 1.82) is 0 Å². The van der Waals surface area contributed by atoms with Crippen molar-refractivity contribution in [2.24, 2.45) is 0 Å². The number of carbonyl (C=O) groups excluding carboxylic acids is 1. The van der Waals surface area contributed by atoms with Gasteiger partial charge in [-0.2, -0.15) is 0 Å². The fourth-order valence-corrected chi connectivity index (χ4v) is 4.84. The van der Waals surface area contributed by atoms with Gasteiger partial charge < -0.3 is 20.1 Å². The molecule has 0 atom stereocenters. The highest BCUT2D eigenvalue weighted by Crippen LogP contribution is 2.43. The topological polar surface area (TPSA) is 61.8 Å². The Morgan fingerprint density at radius 2 is 2.14 bits per heavy atom. The van der Waals surface area contributed by atoms with E-state index in [0.29, 0.717) is 6.61 Å². The third-order valence-corrected chi connectivity index (χ3v) is 6.39. The Morgan fingerprint density at radius 1 is 1.31 bits per heavy atom. The van der Waals surface area contributed by atoms with E-state index in [4.69, 9.17) is 9.84 Å². The fourth-order valence-electron chi connectivity index (χ4n) is 3.82. The van der Waals surface area contributed by atoms with Crippen LogP contribution in [0.3, 0.4) is 0 Å². The van der Waals surface area contributed by atoms with Crippen molar-refractivity contribution in [2.75, 3.05) is 33.3 Å². The first-order chi connectivity index (χ1) is 14.2. The third-order valence-electron chi connectivity index (χ3n) is 5.41. The molecule has 3 heterocycles. The van der Waals surface area contributed by atoms with Gasteiger partial charge in [0.1, 0.15) is 12.4 Å². The highest BCUT2D eigenvalue weighted by molar-refractivity contribution is 7.11. The molecule has 5 nitrogen and oxygen atoms in total. The number of amides is 1. The summed E-state index contributed by atoms with van der Waals surface area (Å²) in [7, 11) is 2.17. The van der Waals surface area contributed by atoms with Crippen molar-refractivity contribution in [3.8, 4) is 5.75 Å². The molecule has 0 unspecified atom stereocenters. The SMILES string of the molecule is CN1CCC(=C2c3cc(C=CC(=O)NCCO)ccc3OCc3ccsc32)CC1. The van der Waals surface area contributed by atoms with Crippen molar-refractivity contribution >= 4 is 28.9 Å². The predicted octanol–water partition coefficient (Wildman–Crippen LogP) is 3.29. The first-order valence-corrected chi connectivity index (χ1v) is 10.8.